The Labute approximate surface area is 170 Å². The fourth-order valence-corrected chi connectivity index (χ4v) is 4.01. The number of aromatic hydroxyl groups is 1. The van der Waals surface area contributed by atoms with Crippen molar-refractivity contribution in [3.05, 3.63) is 48.5 Å². The molecule has 0 bridgehead atoms. The van der Waals surface area contributed by atoms with Gasteiger partial charge in [0.1, 0.15) is 11.5 Å². The molecule has 2 aliphatic rings. The minimum atomic E-state index is -0.416. The number of imide groups is 1. The molecular weight excluding hydrogens is 370 g/mol. The Morgan fingerprint density at radius 3 is 2.41 bits per heavy atom. The van der Waals surface area contributed by atoms with Crippen molar-refractivity contribution in [2.45, 2.75) is 19.4 Å². The first-order valence-electron chi connectivity index (χ1n) is 9.94. The van der Waals surface area contributed by atoms with Gasteiger partial charge in [-0.1, -0.05) is 6.07 Å². The van der Waals surface area contributed by atoms with Crippen LogP contribution in [-0.2, 0) is 9.59 Å². The first-order valence-corrected chi connectivity index (χ1v) is 9.94. The second-order valence-corrected chi connectivity index (χ2v) is 7.26. The van der Waals surface area contributed by atoms with Crippen LogP contribution in [-0.4, -0.2) is 60.6 Å². The number of phenolic OH excluding ortho intramolecular Hbond substituents is 1. The number of ether oxygens (including phenoxy) is 1. The molecule has 0 radical (unpaired) electrons. The van der Waals surface area contributed by atoms with Gasteiger partial charge in [-0.2, -0.15) is 0 Å². The molecule has 0 spiro atoms. The fraction of sp³-hybridized carbons (Fsp3) is 0.364. The molecule has 7 nitrogen and oxygen atoms in total. The Morgan fingerprint density at radius 1 is 1.00 bits per heavy atom. The van der Waals surface area contributed by atoms with Crippen molar-refractivity contribution in [1.82, 2.24) is 4.90 Å². The Balaban J connectivity index is 1.43. The van der Waals surface area contributed by atoms with Gasteiger partial charge in [0.05, 0.1) is 24.8 Å². The predicted molar refractivity (Wildman–Crippen MR) is 110 cm³/mol. The lowest BCUT2D eigenvalue weighted by Crippen LogP contribution is -2.52. The lowest BCUT2D eigenvalue weighted by Gasteiger charge is -2.38. The third-order valence-electron chi connectivity index (χ3n) is 5.48. The average Bonchev–Trinajstić information content (AvgIpc) is 3.03. The number of amides is 2. The molecule has 0 saturated carbocycles. The summed E-state index contributed by atoms with van der Waals surface area (Å²) in [5.41, 5.74) is 1.61. The minimum absolute atomic E-state index is 0.165. The summed E-state index contributed by atoms with van der Waals surface area (Å²) < 4.78 is 5.50. The largest absolute Gasteiger partial charge is 0.508 e. The molecule has 0 unspecified atom stereocenters. The number of hydrogen-bond donors (Lipinski definition) is 1. The molecule has 0 aromatic heterocycles. The van der Waals surface area contributed by atoms with Gasteiger partial charge in [-0.3, -0.25) is 14.5 Å². The summed E-state index contributed by atoms with van der Waals surface area (Å²) in [5.74, 6) is 0.559. The maximum Gasteiger partial charge on any atom is 0.251 e. The standard InChI is InChI=1S/C22H25N3O4/c1-2-29-19-5-3-4-17(14-19)25-21(27)15-20(22(25)28)24-12-10-23(11-13-24)16-6-8-18(26)9-7-16/h3-9,14,20,26H,2,10-13,15H2,1H3/t20-/m1/s1. The zero-order chi connectivity index (χ0) is 20.4. The van der Waals surface area contributed by atoms with Gasteiger partial charge in [0.15, 0.2) is 0 Å². The van der Waals surface area contributed by atoms with Gasteiger partial charge in [-0.15, -0.1) is 0 Å². The molecule has 29 heavy (non-hydrogen) atoms. The first kappa shape index (κ1) is 19.3. The number of anilines is 2. The summed E-state index contributed by atoms with van der Waals surface area (Å²) >= 11 is 0. The maximum atomic E-state index is 13.1. The van der Waals surface area contributed by atoms with Gasteiger partial charge in [0, 0.05) is 37.9 Å². The minimum Gasteiger partial charge on any atom is -0.508 e. The molecule has 2 fully saturated rings. The second-order valence-electron chi connectivity index (χ2n) is 7.26. The van der Waals surface area contributed by atoms with Crippen LogP contribution in [0.1, 0.15) is 13.3 Å². The van der Waals surface area contributed by atoms with E-state index in [2.05, 4.69) is 9.80 Å². The van der Waals surface area contributed by atoms with Crippen molar-refractivity contribution < 1.29 is 19.4 Å². The number of rotatable bonds is 5. The molecule has 1 N–H and O–H groups in total. The monoisotopic (exact) mass is 395 g/mol. The summed E-state index contributed by atoms with van der Waals surface area (Å²) in [4.78, 5) is 31.3. The summed E-state index contributed by atoms with van der Waals surface area (Å²) in [5, 5.41) is 9.45. The molecular formula is C22H25N3O4. The summed E-state index contributed by atoms with van der Waals surface area (Å²) in [7, 11) is 0. The molecule has 2 aromatic rings. The predicted octanol–water partition coefficient (Wildman–Crippen LogP) is 2.25. The molecule has 0 aliphatic carbocycles. The van der Waals surface area contributed by atoms with Crippen LogP contribution in [0.3, 0.4) is 0 Å². The van der Waals surface area contributed by atoms with Gasteiger partial charge >= 0.3 is 0 Å². The number of carbonyl (C=O) groups excluding carboxylic acids is 2. The van der Waals surface area contributed by atoms with Crippen LogP contribution in [0.25, 0.3) is 0 Å². The van der Waals surface area contributed by atoms with E-state index in [0.717, 1.165) is 18.8 Å². The molecule has 2 amide bonds. The summed E-state index contributed by atoms with van der Waals surface area (Å²) in [6, 6.07) is 13.8. The van der Waals surface area contributed by atoms with E-state index in [1.54, 1.807) is 30.3 Å². The van der Waals surface area contributed by atoms with Crippen LogP contribution in [0.15, 0.2) is 48.5 Å². The van der Waals surface area contributed by atoms with E-state index in [9.17, 15) is 14.7 Å². The number of benzene rings is 2. The highest BCUT2D eigenvalue weighted by Gasteiger charge is 2.43. The van der Waals surface area contributed by atoms with E-state index in [1.165, 1.54) is 4.90 Å². The highest BCUT2D eigenvalue weighted by molar-refractivity contribution is 6.22. The van der Waals surface area contributed by atoms with E-state index >= 15 is 0 Å². The van der Waals surface area contributed by atoms with Gasteiger partial charge in [0.2, 0.25) is 5.91 Å². The maximum absolute atomic E-state index is 13.1. The Kier molecular flexibility index (Phi) is 5.40. The van der Waals surface area contributed by atoms with Crippen LogP contribution >= 0.6 is 0 Å². The summed E-state index contributed by atoms with van der Waals surface area (Å²) in [6.45, 7) is 5.37. The molecule has 1 atom stereocenters. The molecule has 152 valence electrons. The highest BCUT2D eigenvalue weighted by atomic mass is 16.5. The van der Waals surface area contributed by atoms with Gasteiger partial charge in [0.25, 0.3) is 5.91 Å². The number of phenols is 1. The lowest BCUT2D eigenvalue weighted by molar-refractivity contribution is -0.123. The molecule has 2 heterocycles. The van der Waals surface area contributed by atoms with Crippen molar-refractivity contribution >= 4 is 23.2 Å². The first-order chi connectivity index (χ1) is 14.1. The quantitative estimate of drug-likeness (QED) is 0.783. The van der Waals surface area contributed by atoms with E-state index in [0.29, 0.717) is 31.1 Å². The molecule has 2 aliphatic heterocycles. The summed E-state index contributed by atoms with van der Waals surface area (Å²) in [6.07, 6.45) is 0.205. The fourth-order valence-electron chi connectivity index (χ4n) is 4.01. The number of piperazine rings is 1. The number of hydrogen-bond acceptors (Lipinski definition) is 6. The Bertz CT molecular complexity index is 891. The van der Waals surface area contributed by atoms with Gasteiger partial charge in [-0.25, -0.2) is 4.90 Å². The Hall–Kier alpha value is -3.06. The average molecular weight is 395 g/mol. The third-order valence-corrected chi connectivity index (χ3v) is 5.48. The van der Waals surface area contributed by atoms with Crippen molar-refractivity contribution in [3.8, 4) is 11.5 Å². The van der Waals surface area contributed by atoms with Crippen LogP contribution < -0.4 is 14.5 Å². The Morgan fingerprint density at radius 2 is 1.72 bits per heavy atom. The lowest BCUT2D eigenvalue weighted by atomic mass is 10.1. The zero-order valence-electron chi connectivity index (χ0n) is 16.5. The molecule has 7 heteroatoms. The van der Waals surface area contributed by atoms with Crippen molar-refractivity contribution in [3.63, 3.8) is 0 Å². The smallest absolute Gasteiger partial charge is 0.251 e. The van der Waals surface area contributed by atoms with Gasteiger partial charge < -0.3 is 14.7 Å². The zero-order valence-corrected chi connectivity index (χ0v) is 16.5. The van der Waals surface area contributed by atoms with E-state index in [-0.39, 0.29) is 24.0 Å². The van der Waals surface area contributed by atoms with Crippen molar-refractivity contribution in [1.29, 1.82) is 0 Å². The van der Waals surface area contributed by atoms with Crippen molar-refractivity contribution in [2.75, 3.05) is 42.6 Å². The topological polar surface area (TPSA) is 73.3 Å². The number of nitrogens with zero attached hydrogens (tertiary/aromatic N) is 3. The van der Waals surface area contributed by atoms with Crippen LogP contribution in [0.2, 0.25) is 0 Å². The molecule has 4 rings (SSSR count). The normalized spacial score (nSPS) is 20.4. The van der Waals surface area contributed by atoms with Crippen LogP contribution in [0.5, 0.6) is 11.5 Å². The van der Waals surface area contributed by atoms with E-state index in [1.807, 2.05) is 25.1 Å². The third kappa shape index (κ3) is 3.91. The van der Waals surface area contributed by atoms with Crippen LogP contribution in [0, 0.1) is 0 Å². The van der Waals surface area contributed by atoms with E-state index < -0.39 is 6.04 Å². The number of carbonyl (C=O) groups is 2. The second kappa shape index (κ2) is 8.13. The van der Waals surface area contributed by atoms with Gasteiger partial charge in [-0.05, 0) is 43.3 Å². The molecule has 2 saturated heterocycles. The van der Waals surface area contributed by atoms with E-state index in [4.69, 9.17) is 4.74 Å². The van der Waals surface area contributed by atoms with Crippen LogP contribution in [0.4, 0.5) is 11.4 Å². The highest BCUT2D eigenvalue weighted by Crippen LogP contribution is 2.29. The molecule has 2 aromatic carbocycles. The SMILES string of the molecule is CCOc1cccc(N2C(=O)C[C@@H](N3CCN(c4ccc(O)cc4)CC3)C2=O)c1. The van der Waals surface area contributed by atoms with Crippen molar-refractivity contribution in [2.24, 2.45) is 0 Å².